The summed E-state index contributed by atoms with van der Waals surface area (Å²) in [5.41, 5.74) is 1.67. The average molecular weight is 384 g/mol. The minimum Gasteiger partial charge on any atom is -0.352 e. The fourth-order valence-electron chi connectivity index (χ4n) is 2.99. The van der Waals surface area contributed by atoms with Crippen LogP contribution in [0.1, 0.15) is 5.69 Å². The van der Waals surface area contributed by atoms with Crippen LogP contribution in [0.25, 0.3) is 5.69 Å². The number of hydrogen-bond acceptors (Lipinski definition) is 6. The summed E-state index contributed by atoms with van der Waals surface area (Å²) in [5.74, 6) is 0.770. The maximum Gasteiger partial charge on any atom is 0.243 e. The van der Waals surface area contributed by atoms with Crippen LogP contribution in [0.15, 0.2) is 59.8 Å². The molecule has 27 heavy (non-hydrogen) atoms. The molecule has 0 N–H and O–H groups in total. The summed E-state index contributed by atoms with van der Waals surface area (Å²) in [4.78, 5) is 2.29. The highest BCUT2D eigenvalue weighted by molar-refractivity contribution is 7.89. The number of hydrogen-bond donors (Lipinski definition) is 0. The first-order valence-electron chi connectivity index (χ1n) is 8.58. The zero-order valence-electron chi connectivity index (χ0n) is 15.1. The summed E-state index contributed by atoms with van der Waals surface area (Å²) in [6.07, 6.45) is 3.49. The number of sulfonamides is 1. The Morgan fingerprint density at radius 1 is 1.07 bits per heavy atom. The fourth-order valence-corrected chi connectivity index (χ4v) is 4.33. The maximum absolute atomic E-state index is 12.9. The van der Waals surface area contributed by atoms with E-state index >= 15 is 0 Å². The number of aromatic nitrogens is 4. The molecule has 0 unspecified atom stereocenters. The lowest BCUT2D eigenvalue weighted by molar-refractivity contribution is 0.309. The monoisotopic (exact) mass is 384 g/mol. The molecule has 4 rings (SSSR count). The topological polar surface area (TPSA) is 84.2 Å². The van der Waals surface area contributed by atoms with E-state index in [9.17, 15) is 8.42 Å². The molecule has 0 aliphatic carbocycles. The minimum atomic E-state index is -3.56. The molecule has 8 nitrogen and oxygen atoms in total. The van der Waals surface area contributed by atoms with Crippen LogP contribution in [-0.2, 0) is 10.0 Å². The molecular formula is C18H20N6O2S. The van der Waals surface area contributed by atoms with Crippen molar-refractivity contribution < 1.29 is 8.42 Å². The minimum absolute atomic E-state index is 0.0936. The molecule has 3 heterocycles. The lowest BCUT2D eigenvalue weighted by Gasteiger charge is -2.43. The van der Waals surface area contributed by atoms with Crippen LogP contribution < -0.4 is 4.90 Å². The van der Waals surface area contributed by atoms with Crippen LogP contribution in [-0.4, -0.2) is 58.9 Å². The smallest absolute Gasteiger partial charge is 0.243 e. The third-order valence-electron chi connectivity index (χ3n) is 4.77. The molecule has 1 saturated heterocycles. The summed E-state index contributed by atoms with van der Waals surface area (Å²) in [6, 6.07) is 12.3. The van der Waals surface area contributed by atoms with E-state index in [1.807, 2.05) is 36.2 Å². The van der Waals surface area contributed by atoms with E-state index < -0.39 is 10.0 Å². The van der Waals surface area contributed by atoms with Crippen molar-refractivity contribution in [2.45, 2.75) is 17.9 Å². The standard InChI is InChI=1S/C18H20N6O2S/c1-14-4-9-18(21-20-14)23-12-16(13-23)22(2)27(25,26)17-7-5-15(6-8-17)24-11-3-10-19-24/h3-11,16H,12-13H2,1-2H3. The summed E-state index contributed by atoms with van der Waals surface area (Å²) < 4.78 is 28.9. The third kappa shape index (κ3) is 3.31. The molecule has 0 radical (unpaired) electrons. The van der Waals surface area contributed by atoms with E-state index in [-0.39, 0.29) is 10.9 Å². The highest BCUT2D eigenvalue weighted by Gasteiger charge is 2.37. The Hall–Kier alpha value is -2.78. The Kier molecular flexibility index (Phi) is 4.40. The van der Waals surface area contributed by atoms with E-state index in [1.165, 1.54) is 4.31 Å². The van der Waals surface area contributed by atoms with Crippen molar-refractivity contribution in [1.82, 2.24) is 24.3 Å². The largest absolute Gasteiger partial charge is 0.352 e. The molecule has 1 aromatic carbocycles. The number of benzene rings is 1. The Labute approximate surface area is 158 Å². The van der Waals surface area contributed by atoms with Crippen molar-refractivity contribution in [1.29, 1.82) is 0 Å². The Balaban J connectivity index is 1.45. The summed E-state index contributed by atoms with van der Waals surface area (Å²) in [5, 5.41) is 12.3. The lowest BCUT2D eigenvalue weighted by Crippen LogP contribution is -2.60. The van der Waals surface area contributed by atoms with Crippen molar-refractivity contribution >= 4 is 15.8 Å². The SMILES string of the molecule is Cc1ccc(N2CC(N(C)S(=O)(=O)c3ccc(-n4cccn4)cc3)C2)nn1. The van der Waals surface area contributed by atoms with Gasteiger partial charge in [0.15, 0.2) is 5.82 Å². The van der Waals surface area contributed by atoms with Crippen molar-refractivity contribution in [2.75, 3.05) is 25.0 Å². The predicted molar refractivity (Wildman–Crippen MR) is 101 cm³/mol. The molecule has 1 aliphatic rings. The molecule has 0 saturated carbocycles. The van der Waals surface area contributed by atoms with Crippen LogP contribution in [0.3, 0.4) is 0 Å². The Bertz CT molecular complexity index is 1010. The first-order valence-corrected chi connectivity index (χ1v) is 10.0. The average Bonchev–Trinajstić information content (AvgIpc) is 3.17. The Morgan fingerprint density at radius 2 is 1.81 bits per heavy atom. The van der Waals surface area contributed by atoms with E-state index in [2.05, 4.69) is 15.3 Å². The number of nitrogens with zero attached hydrogens (tertiary/aromatic N) is 6. The summed E-state index contributed by atoms with van der Waals surface area (Å²) >= 11 is 0. The van der Waals surface area contributed by atoms with Gasteiger partial charge in [0, 0.05) is 32.5 Å². The second kappa shape index (κ2) is 6.75. The molecule has 1 fully saturated rings. The van der Waals surface area contributed by atoms with Gasteiger partial charge in [-0.25, -0.2) is 13.1 Å². The van der Waals surface area contributed by atoms with Gasteiger partial charge in [-0.05, 0) is 49.4 Å². The van der Waals surface area contributed by atoms with Crippen molar-refractivity contribution in [2.24, 2.45) is 0 Å². The van der Waals surface area contributed by atoms with Gasteiger partial charge in [-0.15, -0.1) is 5.10 Å². The van der Waals surface area contributed by atoms with Gasteiger partial charge in [-0.2, -0.15) is 14.5 Å². The Morgan fingerprint density at radius 3 is 2.41 bits per heavy atom. The molecular weight excluding hydrogens is 364 g/mol. The highest BCUT2D eigenvalue weighted by atomic mass is 32.2. The number of rotatable bonds is 5. The van der Waals surface area contributed by atoms with Gasteiger partial charge in [-0.1, -0.05) is 0 Å². The fraction of sp³-hybridized carbons (Fsp3) is 0.278. The third-order valence-corrected chi connectivity index (χ3v) is 6.69. The van der Waals surface area contributed by atoms with E-state index in [0.29, 0.717) is 13.1 Å². The van der Waals surface area contributed by atoms with Crippen LogP contribution in [0, 0.1) is 6.92 Å². The molecule has 9 heteroatoms. The summed E-state index contributed by atoms with van der Waals surface area (Å²) in [7, 11) is -1.93. The number of likely N-dealkylation sites (N-methyl/N-ethyl adjacent to an activating group) is 1. The van der Waals surface area contributed by atoms with E-state index in [0.717, 1.165) is 17.2 Å². The molecule has 0 amide bonds. The van der Waals surface area contributed by atoms with Gasteiger partial charge in [0.05, 0.1) is 22.3 Å². The van der Waals surface area contributed by atoms with Crippen LogP contribution in [0.2, 0.25) is 0 Å². The first-order chi connectivity index (χ1) is 12.9. The zero-order chi connectivity index (χ0) is 19.0. The molecule has 0 spiro atoms. The van der Waals surface area contributed by atoms with E-state index in [4.69, 9.17) is 0 Å². The number of aryl methyl sites for hydroxylation is 1. The maximum atomic E-state index is 12.9. The van der Waals surface area contributed by atoms with E-state index in [1.54, 1.807) is 42.2 Å². The lowest BCUT2D eigenvalue weighted by atomic mass is 10.1. The van der Waals surface area contributed by atoms with Crippen LogP contribution in [0.4, 0.5) is 5.82 Å². The summed E-state index contributed by atoms with van der Waals surface area (Å²) in [6.45, 7) is 3.07. The quantitative estimate of drug-likeness (QED) is 0.663. The van der Waals surface area contributed by atoms with Crippen molar-refractivity contribution in [3.63, 3.8) is 0 Å². The second-order valence-corrected chi connectivity index (χ2v) is 8.56. The molecule has 140 valence electrons. The van der Waals surface area contributed by atoms with Gasteiger partial charge in [-0.3, -0.25) is 0 Å². The van der Waals surface area contributed by atoms with Gasteiger partial charge in [0.2, 0.25) is 10.0 Å². The van der Waals surface area contributed by atoms with Gasteiger partial charge < -0.3 is 4.90 Å². The molecule has 2 aromatic heterocycles. The highest BCUT2D eigenvalue weighted by Crippen LogP contribution is 2.25. The van der Waals surface area contributed by atoms with Crippen molar-refractivity contribution in [3.05, 3.63) is 60.6 Å². The predicted octanol–water partition coefficient (Wildman–Crippen LogP) is 1.48. The second-order valence-electron chi connectivity index (χ2n) is 6.56. The molecule has 1 aliphatic heterocycles. The molecule has 0 atom stereocenters. The van der Waals surface area contributed by atoms with Crippen LogP contribution in [0.5, 0.6) is 0 Å². The van der Waals surface area contributed by atoms with Crippen molar-refractivity contribution in [3.8, 4) is 5.69 Å². The number of anilines is 1. The van der Waals surface area contributed by atoms with Gasteiger partial charge in [0.25, 0.3) is 0 Å². The van der Waals surface area contributed by atoms with Gasteiger partial charge >= 0.3 is 0 Å². The normalized spacial score (nSPS) is 15.1. The molecule has 0 bridgehead atoms. The van der Waals surface area contributed by atoms with Gasteiger partial charge in [0.1, 0.15) is 0 Å². The van der Waals surface area contributed by atoms with Crippen LogP contribution >= 0.6 is 0 Å². The first kappa shape index (κ1) is 17.6. The zero-order valence-corrected chi connectivity index (χ0v) is 15.9. The molecule has 3 aromatic rings.